The lowest BCUT2D eigenvalue weighted by Gasteiger charge is -2.35. The molecule has 0 aliphatic carbocycles. The third-order valence-corrected chi connectivity index (χ3v) is 6.58. The summed E-state index contributed by atoms with van der Waals surface area (Å²) in [5.41, 5.74) is 8.86. The molecule has 0 saturated heterocycles. The number of hydrogen-bond donors (Lipinski definition) is 1. The predicted octanol–water partition coefficient (Wildman–Crippen LogP) is 3.60. The van der Waals surface area contributed by atoms with Gasteiger partial charge in [-0.1, -0.05) is 61.9 Å². The summed E-state index contributed by atoms with van der Waals surface area (Å²) in [5.74, 6) is 0.631. The number of nitrogens with two attached hydrogens (primary N) is 1. The van der Waals surface area contributed by atoms with Crippen molar-refractivity contribution in [3.05, 3.63) is 99.9 Å². The summed E-state index contributed by atoms with van der Waals surface area (Å²) in [5, 5.41) is 0. The largest absolute Gasteiger partial charge is 0.335 e. The first-order valence-electron chi connectivity index (χ1n) is 12.7. The van der Waals surface area contributed by atoms with Crippen molar-refractivity contribution < 1.29 is 4.79 Å². The molecule has 0 bridgehead atoms. The van der Waals surface area contributed by atoms with Gasteiger partial charge in [0.15, 0.2) is 11.2 Å². The Hall–Kier alpha value is -3.91. The number of fused-ring (bicyclic) bond motifs is 1. The molecule has 0 fully saturated rings. The van der Waals surface area contributed by atoms with Crippen molar-refractivity contribution >= 4 is 17.1 Å². The number of carbonyl (C=O) groups excluding carboxylic acids is 1. The normalized spacial score (nSPS) is 12.1. The van der Waals surface area contributed by atoms with E-state index in [-0.39, 0.29) is 28.9 Å². The number of benzene rings is 2. The Morgan fingerprint density at radius 2 is 1.73 bits per heavy atom. The summed E-state index contributed by atoms with van der Waals surface area (Å²) in [6.45, 7) is 7.52. The van der Waals surface area contributed by atoms with Crippen molar-refractivity contribution in [1.29, 1.82) is 0 Å². The third-order valence-electron chi connectivity index (χ3n) is 6.58. The van der Waals surface area contributed by atoms with Crippen LogP contribution in [0.2, 0.25) is 0 Å². The van der Waals surface area contributed by atoms with Crippen LogP contribution in [0.1, 0.15) is 47.6 Å². The van der Waals surface area contributed by atoms with Gasteiger partial charge in [-0.05, 0) is 43.5 Å². The Morgan fingerprint density at radius 3 is 2.41 bits per heavy atom. The Labute approximate surface area is 217 Å². The molecule has 8 heteroatoms. The van der Waals surface area contributed by atoms with E-state index < -0.39 is 0 Å². The first-order valence-corrected chi connectivity index (χ1v) is 12.7. The lowest BCUT2D eigenvalue weighted by molar-refractivity contribution is 0.0619. The first kappa shape index (κ1) is 26.2. The van der Waals surface area contributed by atoms with Crippen molar-refractivity contribution in [1.82, 2.24) is 24.4 Å². The van der Waals surface area contributed by atoms with Gasteiger partial charge in [0.25, 0.3) is 11.5 Å². The minimum atomic E-state index is -0.238. The van der Waals surface area contributed by atoms with Crippen molar-refractivity contribution in [3.63, 3.8) is 0 Å². The zero-order valence-electron chi connectivity index (χ0n) is 21.7. The number of aromatic nitrogens is 4. The SMILES string of the molecule is Cc1ccc(C(=O)N(CCCN)C(Cc2nc3nccnc3c(=O)n2Cc2ccccc2)C(C)C)cc1. The fraction of sp³-hybridized carbons (Fsp3) is 0.345. The van der Waals surface area contributed by atoms with Gasteiger partial charge in [-0.15, -0.1) is 0 Å². The Morgan fingerprint density at radius 1 is 1.03 bits per heavy atom. The maximum Gasteiger partial charge on any atom is 0.282 e. The fourth-order valence-electron chi connectivity index (χ4n) is 4.51. The molecule has 192 valence electrons. The van der Waals surface area contributed by atoms with E-state index in [0.29, 0.717) is 49.5 Å². The van der Waals surface area contributed by atoms with Gasteiger partial charge in [-0.2, -0.15) is 0 Å². The van der Waals surface area contributed by atoms with Crippen LogP contribution in [-0.4, -0.2) is 49.5 Å². The van der Waals surface area contributed by atoms with Crippen LogP contribution in [-0.2, 0) is 13.0 Å². The van der Waals surface area contributed by atoms with E-state index in [0.717, 1.165) is 11.1 Å². The fourth-order valence-corrected chi connectivity index (χ4v) is 4.51. The summed E-state index contributed by atoms with van der Waals surface area (Å²) in [6.07, 6.45) is 4.11. The molecule has 2 N–H and O–H groups in total. The zero-order valence-corrected chi connectivity index (χ0v) is 21.7. The molecule has 37 heavy (non-hydrogen) atoms. The molecule has 0 aliphatic heterocycles. The van der Waals surface area contributed by atoms with Crippen molar-refractivity contribution in [2.45, 2.75) is 46.2 Å². The number of rotatable bonds is 10. The van der Waals surface area contributed by atoms with E-state index in [1.54, 1.807) is 4.57 Å². The van der Waals surface area contributed by atoms with Gasteiger partial charge in [0.05, 0.1) is 6.54 Å². The number of hydrogen-bond acceptors (Lipinski definition) is 6. The van der Waals surface area contributed by atoms with Crippen LogP contribution < -0.4 is 11.3 Å². The quantitative estimate of drug-likeness (QED) is 0.358. The average Bonchev–Trinajstić information content (AvgIpc) is 2.91. The molecule has 2 aromatic carbocycles. The minimum Gasteiger partial charge on any atom is -0.335 e. The monoisotopic (exact) mass is 498 g/mol. The topological polar surface area (TPSA) is 107 Å². The van der Waals surface area contributed by atoms with Gasteiger partial charge in [-0.3, -0.25) is 14.2 Å². The molecule has 4 aromatic rings. The standard InChI is InChI=1S/C29H34N6O2/c1-20(2)24(34(17-7-14-30)28(36)23-12-10-21(3)11-13-23)18-25-33-27-26(31-15-16-32-27)29(37)35(25)19-22-8-5-4-6-9-22/h4-6,8-13,15-16,20,24H,7,14,17-19,30H2,1-3H3. The van der Waals surface area contributed by atoms with Crippen LogP contribution in [0.25, 0.3) is 11.2 Å². The lowest BCUT2D eigenvalue weighted by Crippen LogP contribution is -2.46. The summed E-state index contributed by atoms with van der Waals surface area (Å²) in [7, 11) is 0. The highest BCUT2D eigenvalue weighted by Crippen LogP contribution is 2.21. The Balaban J connectivity index is 1.78. The van der Waals surface area contributed by atoms with Crippen molar-refractivity contribution in [2.75, 3.05) is 13.1 Å². The molecule has 4 rings (SSSR count). The highest BCUT2D eigenvalue weighted by molar-refractivity contribution is 5.94. The van der Waals surface area contributed by atoms with Crippen molar-refractivity contribution in [2.24, 2.45) is 11.7 Å². The van der Waals surface area contributed by atoms with Crippen molar-refractivity contribution in [3.8, 4) is 0 Å². The molecule has 1 amide bonds. The van der Waals surface area contributed by atoms with E-state index in [9.17, 15) is 9.59 Å². The van der Waals surface area contributed by atoms with Gasteiger partial charge >= 0.3 is 0 Å². The summed E-state index contributed by atoms with van der Waals surface area (Å²) < 4.78 is 1.67. The van der Waals surface area contributed by atoms with E-state index in [4.69, 9.17) is 10.7 Å². The third kappa shape index (κ3) is 6.09. The molecule has 2 aromatic heterocycles. The number of carbonyl (C=O) groups is 1. The van der Waals surface area contributed by atoms with Gasteiger partial charge < -0.3 is 10.6 Å². The molecular formula is C29H34N6O2. The number of aryl methyl sites for hydroxylation is 1. The summed E-state index contributed by atoms with van der Waals surface area (Å²) in [4.78, 5) is 42.5. The van der Waals surface area contributed by atoms with Gasteiger partial charge in [0, 0.05) is 37.0 Å². The summed E-state index contributed by atoms with van der Waals surface area (Å²) in [6, 6.07) is 17.2. The maximum atomic E-state index is 13.7. The van der Waals surface area contributed by atoms with E-state index >= 15 is 0 Å². The molecular weight excluding hydrogens is 464 g/mol. The summed E-state index contributed by atoms with van der Waals surface area (Å²) >= 11 is 0. The van der Waals surface area contributed by atoms with Crippen LogP contribution in [0.5, 0.6) is 0 Å². The minimum absolute atomic E-state index is 0.0512. The van der Waals surface area contributed by atoms with E-state index in [1.807, 2.05) is 66.4 Å². The average molecular weight is 499 g/mol. The highest BCUT2D eigenvalue weighted by Gasteiger charge is 2.29. The highest BCUT2D eigenvalue weighted by atomic mass is 16.2. The van der Waals surface area contributed by atoms with Gasteiger partial charge in [-0.25, -0.2) is 15.0 Å². The molecule has 0 spiro atoms. The van der Waals surface area contributed by atoms with Crippen LogP contribution in [0.15, 0.2) is 71.8 Å². The second kappa shape index (κ2) is 11.9. The van der Waals surface area contributed by atoms with Gasteiger partial charge in [0.1, 0.15) is 5.82 Å². The van der Waals surface area contributed by atoms with E-state index in [2.05, 4.69) is 23.8 Å². The van der Waals surface area contributed by atoms with Crippen LogP contribution >= 0.6 is 0 Å². The maximum absolute atomic E-state index is 13.7. The predicted molar refractivity (Wildman–Crippen MR) is 145 cm³/mol. The van der Waals surface area contributed by atoms with Gasteiger partial charge in [0.2, 0.25) is 0 Å². The molecule has 8 nitrogen and oxygen atoms in total. The number of nitrogens with zero attached hydrogens (tertiary/aromatic N) is 5. The molecule has 2 heterocycles. The number of amides is 1. The van der Waals surface area contributed by atoms with Crippen LogP contribution in [0.3, 0.4) is 0 Å². The lowest BCUT2D eigenvalue weighted by atomic mass is 9.96. The second-order valence-corrected chi connectivity index (χ2v) is 9.66. The van der Waals surface area contributed by atoms with Crippen LogP contribution in [0.4, 0.5) is 0 Å². The molecule has 0 radical (unpaired) electrons. The molecule has 1 atom stereocenters. The second-order valence-electron chi connectivity index (χ2n) is 9.66. The zero-order chi connectivity index (χ0) is 26.4. The molecule has 1 unspecified atom stereocenters. The van der Waals surface area contributed by atoms with E-state index in [1.165, 1.54) is 12.4 Å². The molecule has 0 aliphatic rings. The Kier molecular flexibility index (Phi) is 8.40. The smallest absolute Gasteiger partial charge is 0.282 e. The molecule has 0 saturated carbocycles. The Bertz CT molecular complexity index is 1400. The first-order chi connectivity index (χ1) is 17.9. The van der Waals surface area contributed by atoms with Crippen LogP contribution in [0, 0.1) is 12.8 Å².